The van der Waals surface area contributed by atoms with Gasteiger partial charge in [-0.15, -0.1) is 0 Å². The number of carbonyl (C=O) groups excluding carboxylic acids is 1. The van der Waals surface area contributed by atoms with Gasteiger partial charge in [0.1, 0.15) is 0 Å². The zero-order valence-electron chi connectivity index (χ0n) is 13.9. The van der Waals surface area contributed by atoms with Crippen molar-refractivity contribution >= 4 is 22.5 Å². The average molecular weight is 321 g/mol. The smallest absolute Gasteiger partial charge is 0.220 e. The lowest BCUT2D eigenvalue weighted by Crippen LogP contribution is -2.25. The quantitative estimate of drug-likeness (QED) is 0.609. The first-order valence-electron chi connectivity index (χ1n) is 8.31. The Balaban J connectivity index is 1.51. The van der Waals surface area contributed by atoms with Gasteiger partial charge in [0.2, 0.25) is 5.91 Å². The number of nitrogens with two attached hydrogens (primary N) is 1. The van der Waals surface area contributed by atoms with Crippen molar-refractivity contribution < 1.29 is 4.79 Å². The van der Waals surface area contributed by atoms with Crippen LogP contribution in [0.15, 0.2) is 48.7 Å². The molecule has 0 saturated heterocycles. The van der Waals surface area contributed by atoms with Crippen LogP contribution in [0.4, 0.5) is 5.69 Å². The first kappa shape index (κ1) is 16.1. The van der Waals surface area contributed by atoms with E-state index in [1.807, 2.05) is 30.5 Å². The van der Waals surface area contributed by atoms with E-state index in [4.69, 9.17) is 5.73 Å². The number of anilines is 1. The van der Waals surface area contributed by atoms with Crippen molar-refractivity contribution in [1.29, 1.82) is 0 Å². The molecule has 0 spiro atoms. The number of fused-ring (bicyclic) bond motifs is 1. The van der Waals surface area contributed by atoms with Gasteiger partial charge in [-0.25, -0.2) is 0 Å². The summed E-state index contributed by atoms with van der Waals surface area (Å²) in [6.45, 7) is 2.76. The van der Waals surface area contributed by atoms with E-state index in [0.717, 1.165) is 23.2 Å². The SMILES string of the molecule is Cc1cccc2[nH]cc(CCNC(=O)CCc3ccccc3N)c12. The van der Waals surface area contributed by atoms with Crippen LogP contribution in [0.3, 0.4) is 0 Å². The number of amides is 1. The molecule has 2 aromatic carbocycles. The summed E-state index contributed by atoms with van der Waals surface area (Å²) in [5.41, 5.74) is 11.3. The van der Waals surface area contributed by atoms with Gasteiger partial charge in [0.05, 0.1) is 0 Å². The minimum Gasteiger partial charge on any atom is -0.399 e. The summed E-state index contributed by atoms with van der Waals surface area (Å²) in [5, 5.41) is 4.27. The summed E-state index contributed by atoms with van der Waals surface area (Å²) in [5.74, 6) is 0.0646. The first-order chi connectivity index (χ1) is 11.6. The summed E-state index contributed by atoms with van der Waals surface area (Å²) in [7, 11) is 0. The van der Waals surface area contributed by atoms with E-state index in [9.17, 15) is 4.79 Å². The van der Waals surface area contributed by atoms with E-state index >= 15 is 0 Å². The zero-order valence-corrected chi connectivity index (χ0v) is 13.9. The van der Waals surface area contributed by atoms with Crippen LogP contribution in [0, 0.1) is 6.92 Å². The summed E-state index contributed by atoms with van der Waals surface area (Å²) >= 11 is 0. The number of nitrogen functional groups attached to an aromatic ring is 1. The van der Waals surface area contributed by atoms with Gasteiger partial charge in [-0.05, 0) is 48.6 Å². The second kappa shape index (κ2) is 7.21. The van der Waals surface area contributed by atoms with E-state index in [-0.39, 0.29) is 5.91 Å². The van der Waals surface area contributed by atoms with Crippen LogP contribution in [0.2, 0.25) is 0 Å². The number of benzene rings is 2. The molecule has 1 aromatic heterocycles. The van der Waals surface area contributed by atoms with Gasteiger partial charge in [0.25, 0.3) is 0 Å². The molecule has 4 N–H and O–H groups in total. The highest BCUT2D eigenvalue weighted by atomic mass is 16.1. The molecule has 0 bridgehead atoms. The molecule has 0 aliphatic carbocycles. The molecule has 4 heteroatoms. The number of carbonyl (C=O) groups is 1. The molecule has 4 nitrogen and oxygen atoms in total. The Morgan fingerprint density at radius 2 is 1.92 bits per heavy atom. The van der Waals surface area contributed by atoms with E-state index in [1.165, 1.54) is 16.5 Å². The lowest BCUT2D eigenvalue weighted by molar-refractivity contribution is -0.121. The van der Waals surface area contributed by atoms with Crippen molar-refractivity contribution in [3.63, 3.8) is 0 Å². The van der Waals surface area contributed by atoms with Gasteiger partial charge in [0, 0.05) is 35.8 Å². The van der Waals surface area contributed by atoms with Gasteiger partial charge in [0.15, 0.2) is 0 Å². The molecular formula is C20H23N3O. The maximum absolute atomic E-state index is 12.0. The predicted molar refractivity (Wildman–Crippen MR) is 98.9 cm³/mol. The number of hydrogen-bond acceptors (Lipinski definition) is 2. The molecule has 0 unspecified atom stereocenters. The molecule has 0 atom stereocenters. The van der Waals surface area contributed by atoms with Crippen molar-refractivity contribution in [3.05, 3.63) is 65.4 Å². The molecule has 0 aliphatic rings. The number of aromatic nitrogens is 1. The standard InChI is InChI=1S/C20H23N3O/c1-14-5-4-8-18-20(14)16(13-23-18)11-12-22-19(24)10-9-15-6-2-3-7-17(15)21/h2-8,13,23H,9-12,21H2,1H3,(H,22,24). The van der Waals surface area contributed by atoms with Crippen LogP contribution in [0.25, 0.3) is 10.9 Å². The fourth-order valence-corrected chi connectivity index (χ4v) is 3.08. The Kier molecular flexibility index (Phi) is 4.85. The summed E-state index contributed by atoms with van der Waals surface area (Å²) in [6.07, 6.45) is 3.99. The van der Waals surface area contributed by atoms with Gasteiger partial charge < -0.3 is 16.0 Å². The third-order valence-electron chi connectivity index (χ3n) is 4.39. The molecule has 1 amide bonds. The number of para-hydroxylation sites is 1. The third kappa shape index (κ3) is 3.59. The molecular weight excluding hydrogens is 298 g/mol. The fourth-order valence-electron chi connectivity index (χ4n) is 3.08. The zero-order chi connectivity index (χ0) is 16.9. The maximum Gasteiger partial charge on any atom is 0.220 e. The number of rotatable bonds is 6. The fraction of sp³-hybridized carbons (Fsp3) is 0.250. The second-order valence-electron chi connectivity index (χ2n) is 6.11. The van der Waals surface area contributed by atoms with Crippen LogP contribution in [0.1, 0.15) is 23.1 Å². The molecule has 1 heterocycles. The second-order valence-corrected chi connectivity index (χ2v) is 6.11. The third-order valence-corrected chi connectivity index (χ3v) is 4.39. The minimum atomic E-state index is 0.0646. The topological polar surface area (TPSA) is 70.9 Å². The lowest BCUT2D eigenvalue weighted by Gasteiger charge is -2.07. The van der Waals surface area contributed by atoms with Gasteiger partial charge in [-0.2, -0.15) is 0 Å². The van der Waals surface area contributed by atoms with Crippen molar-refractivity contribution in [1.82, 2.24) is 10.3 Å². The normalized spacial score (nSPS) is 10.9. The number of H-pyrrole nitrogens is 1. The minimum absolute atomic E-state index is 0.0646. The van der Waals surface area contributed by atoms with Crippen molar-refractivity contribution in [3.8, 4) is 0 Å². The predicted octanol–water partition coefficient (Wildman–Crippen LogP) is 3.35. The highest BCUT2D eigenvalue weighted by molar-refractivity contribution is 5.86. The van der Waals surface area contributed by atoms with Crippen LogP contribution < -0.4 is 11.1 Å². The Morgan fingerprint density at radius 1 is 1.08 bits per heavy atom. The summed E-state index contributed by atoms with van der Waals surface area (Å²) in [4.78, 5) is 15.3. The van der Waals surface area contributed by atoms with E-state index in [0.29, 0.717) is 19.4 Å². The molecule has 0 aliphatic heterocycles. The van der Waals surface area contributed by atoms with Crippen molar-refractivity contribution in [2.75, 3.05) is 12.3 Å². The molecule has 0 saturated carbocycles. The summed E-state index contributed by atoms with van der Waals surface area (Å²) < 4.78 is 0. The number of aromatic amines is 1. The molecule has 3 aromatic rings. The summed E-state index contributed by atoms with van der Waals surface area (Å²) in [6, 6.07) is 13.9. The first-order valence-corrected chi connectivity index (χ1v) is 8.31. The van der Waals surface area contributed by atoms with E-state index in [2.05, 4.69) is 35.4 Å². The lowest BCUT2D eigenvalue weighted by atomic mass is 10.1. The Bertz CT molecular complexity index is 851. The monoisotopic (exact) mass is 321 g/mol. The van der Waals surface area contributed by atoms with Crippen molar-refractivity contribution in [2.45, 2.75) is 26.2 Å². The largest absolute Gasteiger partial charge is 0.399 e. The van der Waals surface area contributed by atoms with Crippen LogP contribution in [0.5, 0.6) is 0 Å². The number of hydrogen-bond donors (Lipinski definition) is 3. The van der Waals surface area contributed by atoms with Crippen LogP contribution >= 0.6 is 0 Å². The highest BCUT2D eigenvalue weighted by Gasteiger charge is 2.07. The average Bonchev–Trinajstić information content (AvgIpc) is 2.99. The van der Waals surface area contributed by atoms with Crippen molar-refractivity contribution in [2.24, 2.45) is 0 Å². The molecule has 124 valence electrons. The molecule has 24 heavy (non-hydrogen) atoms. The van der Waals surface area contributed by atoms with Gasteiger partial charge in [-0.1, -0.05) is 30.3 Å². The van der Waals surface area contributed by atoms with E-state index in [1.54, 1.807) is 0 Å². The van der Waals surface area contributed by atoms with Crippen LogP contribution in [-0.4, -0.2) is 17.4 Å². The maximum atomic E-state index is 12.0. The van der Waals surface area contributed by atoms with Gasteiger partial charge >= 0.3 is 0 Å². The Morgan fingerprint density at radius 3 is 2.75 bits per heavy atom. The Labute approximate surface area is 142 Å². The van der Waals surface area contributed by atoms with Gasteiger partial charge in [-0.3, -0.25) is 4.79 Å². The number of aryl methyl sites for hydroxylation is 2. The molecule has 0 fully saturated rings. The number of nitrogens with one attached hydrogen (secondary N) is 2. The molecule has 3 rings (SSSR count). The van der Waals surface area contributed by atoms with E-state index < -0.39 is 0 Å². The molecule has 0 radical (unpaired) electrons. The Hall–Kier alpha value is -2.75. The highest BCUT2D eigenvalue weighted by Crippen LogP contribution is 2.22. The van der Waals surface area contributed by atoms with Crippen LogP contribution in [-0.2, 0) is 17.6 Å².